The van der Waals surface area contributed by atoms with Crippen LogP contribution in [0.1, 0.15) is 36.0 Å². The topological polar surface area (TPSA) is 63.5 Å². The van der Waals surface area contributed by atoms with Gasteiger partial charge in [0.2, 0.25) is 5.91 Å². The van der Waals surface area contributed by atoms with Crippen molar-refractivity contribution in [2.45, 2.75) is 31.7 Å². The van der Waals surface area contributed by atoms with Crippen LogP contribution in [0.5, 0.6) is 0 Å². The van der Waals surface area contributed by atoms with Gasteiger partial charge in [0, 0.05) is 39.1 Å². The third-order valence-corrected chi connectivity index (χ3v) is 5.80. The fourth-order valence-electron chi connectivity index (χ4n) is 4.12. The molecule has 0 saturated carbocycles. The van der Waals surface area contributed by atoms with Gasteiger partial charge in [-0.2, -0.15) is 0 Å². The van der Waals surface area contributed by atoms with Crippen molar-refractivity contribution in [3.63, 3.8) is 0 Å². The molecule has 7 heteroatoms. The molecule has 3 heterocycles. The molecule has 150 valence electrons. The number of morpholine rings is 1. The highest BCUT2D eigenvalue weighted by atomic mass is 16.5. The molecule has 1 amide bonds. The van der Waals surface area contributed by atoms with Crippen LogP contribution in [0.25, 0.3) is 0 Å². The van der Waals surface area contributed by atoms with Crippen molar-refractivity contribution in [2.75, 3.05) is 39.4 Å². The molecule has 1 aromatic carbocycles. The summed E-state index contributed by atoms with van der Waals surface area (Å²) in [5, 5.41) is 8.95. The van der Waals surface area contributed by atoms with Crippen LogP contribution < -0.4 is 0 Å². The number of amides is 1. The van der Waals surface area contributed by atoms with Crippen LogP contribution in [0.3, 0.4) is 0 Å². The van der Waals surface area contributed by atoms with E-state index in [1.54, 1.807) is 0 Å². The predicted molar refractivity (Wildman–Crippen MR) is 106 cm³/mol. The Bertz CT molecular complexity index is 785. The molecule has 0 unspecified atom stereocenters. The maximum Gasteiger partial charge on any atom is 0.227 e. The maximum absolute atomic E-state index is 12.8. The Morgan fingerprint density at radius 3 is 2.71 bits per heavy atom. The van der Waals surface area contributed by atoms with E-state index in [0.29, 0.717) is 6.42 Å². The van der Waals surface area contributed by atoms with Gasteiger partial charge in [0.25, 0.3) is 0 Å². The minimum absolute atomic E-state index is 0.201. The van der Waals surface area contributed by atoms with Crippen LogP contribution in [0, 0.1) is 0 Å². The molecular formula is C21H29N5O2. The first kappa shape index (κ1) is 19.1. The number of carbonyl (C=O) groups excluding carboxylic acids is 1. The lowest BCUT2D eigenvalue weighted by atomic mass is 9.96. The first-order valence-electron chi connectivity index (χ1n) is 10.2. The number of benzene rings is 1. The van der Waals surface area contributed by atoms with Crippen LogP contribution in [0.15, 0.2) is 30.3 Å². The summed E-state index contributed by atoms with van der Waals surface area (Å²) in [5.41, 5.74) is 1.07. The minimum Gasteiger partial charge on any atom is -0.379 e. The van der Waals surface area contributed by atoms with Crippen LogP contribution in [-0.2, 0) is 29.5 Å². The third kappa shape index (κ3) is 4.42. The molecule has 1 atom stereocenters. The molecule has 2 aliphatic rings. The van der Waals surface area contributed by atoms with E-state index in [9.17, 15) is 4.79 Å². The van der Waals surface area contributed by atoms with E-state index in [0.717, 1.165) is 76.0 Å². The summed E-state index contributed by atoms with van der Waals surface area (Å²) in [7, 11) is 2.05. The summed E-state index contributed by atoms with van der Waals surface area (Å²) < 4.78 is 7.55. The van der Waals surface area contributed by atoms with E-state index in [1.807, 2.05) is 35.2 Å². The molecule has 0 spiro atoms. The first-order chi connectivity index (χ1) is 13.7. The zero-order chi connectivity index (χ0) is 19.3. The Morgan fingerprint density at radius 2 is 1.93 bits per heavy atom. The second-order valence-corrected chi connectivity index (χ2v) is 7.76. The van der Waals surface area contributed by atoms with Crippen molar-refractivity contribution < 1.29 is 9.53 Å². The number of likely N-dealkylation sites (tertiary alicyclic amines) is 1. The molecule has 2 aliphatic heterocycles. The molecule has 0 bridgehead atoms. The highest BCUT2D eigenvalue weighted by molar-refractivity contribution is 5.78. The minimum atomic E-state index is 0.201. The highest BCUT2D eigenvalue weighted by Crippen LogP contribution is 2.26. The third-order valence-electron chi connectivity index (χ3n) is 5.80. The van der Waals surface area contributed by atoms with Gasteiger partial charge in [-0.25, -0.2) is 0 Å². The lowest BCUT2D eigenvalue weighted by molar-refractivity contribution is -0.131. The molecule has 28 heavy (non-hydrogen) atoms. The number of ether oxygens (including phenoxy) is 1. The van der Waals surface area contributed by atoms with E-state index in [2.05, 4.69) is 26.7 Å². The summed E-state index contributed by atoms with van der Waals surface area (Å²) in [6.45, 7) is 5.81. The Kier molecular flexibility index (Phi) is 6.02. The monoisotopic (exact) mass is 383 g/mol. The molecule has 2 fully saturated rings. The summed E-state index contributed by atoms with van der Waals surface area (Å²) in [6.07, 6.45) is 2.53. The van der Waals surface area contributed by atoms with Gasteiger partial charge in [-0.05, 0) is 18.4 Å². The molecule has 7 nitrogen and oxygen atoms in total. The number of carbonyl (C=O) groups is 1. The molecule has 0 aliphatic carbocycles. The van der Waals surface area contributed by atoms with Crippen molar-refractivity contribution in [1.82, 2.24) is 24.6 Å². The van der Waals surface area contributed by atoms with Gasteiger partial charge in [-0.15, -0.1) is 10.2 Å². The molecule has 2 aromatic rings. The maximum atomic E-state index is 12.8. The Hall–Kier alpha value is -2.25. The van der Waals surface area contributed by atoms with Gasteiger partial charge in [0.05, 0.1) is 26.2 Å². The van der Waals surface area contributed by atoms with Gasteiger partial charge < -0.3 is 14.2 Å². The van der Waals surface area contributed by atoms with Crippen LogP contribution in [0.2, 0.25) is 0 Å². The Labute approximate surface area is 166 Å². The number of rotatable bonds is 5. The molecule has 2 saturated heterocycles. The normalized spacial score (nSPS) is 21.0. The van der Waals surface area contributed by atoms with Crippen LogP contribution in [-0.4, -0.2) is 69.9 Å². The average molecular weight is 383 g/mol. The standard InChI is InChI=1S/C21H29N5O2/c1-24-19(16-25-10-12-28-13-11-25)22-23-21(24)18-8-5-9-26(15-18)20(27)14-17-6-3-2-4-7-17/h2-4,6-7,18H,5,8-16H2,1H3/t18-/m1/s1. The van der Waals surface area contributed by atoms with E-state index in [-0.39, 0.29) is 11.8 Å². The summed E-state index contributed by atoms with van der Waals surface area (Å²) in [4.78, 5) is 17.1. The zero-order valence-electron chi connectivity index (χ0n) is 16.6. The SMILES string of the molecule is Cn1c(CN2CCOCC2)nnc1[C@@H]1CCCN(C(=O)Cc2ccccc2)C1. The Morgan fingerprint density at radius 1 is 1.14 bits per heavy atom. The quantitative estimate of drug-likeness (QED) is 0.785. The Balaban J connectivity index is 1.39. The fraction of sp³-hybridized carbons (Fsp3) is 0.571. The second-order valence-electron chi connectivity index (χ2n) is 7.76. The smallest absolute Gasteiger partial charge is 0.227 e. The van der Waals surface area contributed by atoms with Gasteiger partial charge in [0.1, 0.15) is 11.6 Å². The summed E-state index contributed by atoms with van der Waals surface area (Å²) >= 11 is 0. The van der Waals surface area contributed by atoms with Crippen molar-refractivity contribution in [3.05, 3.63) is 47.5 Å². The zero-order valence-corrected chi connectivity index (χ0v) is 16.6. The molecular weight excluding hydrogens is 354 g/mol. The van der Waals surface area contributed by atoms with Gasteiger partial charge in [-0.3, -0.25) is 9.69 Å². The average Bonchev–Trinajstić information content (AvgIpc) is 3.10. The van der Waals surface area contributed by atoms with E-state index in [1.165, 1.54) is 0 Å². The number of aromatic nitrogens is 3. The molecule has 1 aromatic heterocycles. The van der Waals surface area contributed by atoms with Gasteiger partial charge in [-0.1, -0.05) is 30.3 Å². The lowest BCUT2D eigenvalue weighted by Crippen LogP contribution is -2.40. The van der Waals surface area contributed by atoms with Crippen LogP contribution in [0.4, 0.5) is 0 Å². The number of hydrogen-bond donors (Lipinski definition) is 0. The number of hydrogen-bond acceptors (Lipinski definition) is 5. The predicted octanol–water partition coefficient (Wildman–Crippen LogP) is 1.60. The largest absolute Gasteiger partial charge is 0.379 e. The number of piperidine rings is 1. The number of nitrogens with zero attached hydrogens (tertiary/aromatic N) is 5. The van der Waals surface area contributed by atoms with Crippen molar-refractivity contribution in [3.8, 4) is 0 Å². The van der Waals surface area contributed by atoms with E-state index < -0.39 is 0 Å². The molecule has 4 rings (SSSR count). The van der Waals surface area contributed by atoms with E-state index >= 15 is 0 Å². The van der Waals surface area contributed by atoms with E-state index in [4.69, 9.17) is 4.74 Å². The van der Waals surface area contributed by atoms with Crippen LogP contribution >= 0.6 is 0 Å². The van der Waals surface area contributed by atoms with Gasteiger partial charge >= 0.3 is 0 Å². The highest BCUT2D eigenvalue weighted by Gasteiger charge is 2.28. The van der Waals surface area contributed by atoms with Crippen molar-refractivity contribution in [2.24, 2.45) is 7.05 Å². The molecule has 0 N–H and O–H groups in total. The lowest BCUT2D eigenvalue weighted by Gasteiger charge is -2.32. The second kappa shape index (κ2) is 8.84. The summed E-state index contributed by atoms with van der Waals surface area (Å²) in [6, 6.07) is 9.97. The van der Waals surface area contributed by atoms with Gasteiger partial charge in [0.15, 0.2) is 0 Å². The summed E-state index contributed by atoms with van der Waals surface area (Å²) in [5.74, 6) is 2.45. The molecule has 0 radical (unpaired) electrons. The van der Waals surface area contributed by atoms with Crippen molar-refractivity contribution in [1.29, 1.82) is 0 Å². The fourth-order valence-corrected chi connectivity index (χ4v) is 4.12. The first-order valence-corrected chi connectivity index (χ1v) is 10.2. The van der Waals surface area contributed by atoms with Crippen molar-refractivity contribution >= 4 is 5.91 Å².